The third kappa shape index (κ3) is 1.81. The third-order valence-electron chi connectivity index (χ3n) is 1.46. The van der Waals surface area contributed by atoms with Crippen molar-refractivity contribution >= 4 is 5.97 Å². The molecule has 0 saturated carbocycles. The van der Waals surface area contributed by atoms with Gasteiger partial charge in [0.15, 0.2) is 0 Å². The first kappa shape index (κ1) is 8.70. The maximum Gasteiger partial charge on any atom is 0.327 e. The Hall–Kier alpha value is -1.39. The molecule has 0 bridgehead atoms. The van der Waals surface area contributed by atoms with Crippen LogP contribution >= 0.6 is 0 Å². The first-order chi connectivity index (χ1) is 5.63. The Balaban J connectivity index is 2.75. The van der Waals surface area contributed by atoms with Crippen molar-refractivity contribution in [3.8, 4) is 0 Å². The van der Waals surface area contributed by atoms with Gasteiger partial charge in [0.1, 0.15) is 6.54 Å². The highest BCUT2D eigenvalue weighted by atomic mass is 19.1. The number of hydrogen-bond acceptors (Lipinski definition) is 3. The molecule has 66 valence electrons. The maximum atomic E-state index is 12.5. The zero-order valence-corrected chi connectivity index (χ0v) is 6.87. The van der Waals surface area contributed by atoms with Crippen LogP contribution in [0.1, 0.15) is 5.69 Å². The van der Waals surface area contributed by atoms with Crippen LogP contribution in [0.15, 0.2) is 6.07 Å². The lowest BCUT2D eigenvalue weighted by atomic mass is 10.5. The number of aryl methyl sites for hydroxylation is 1. The van der Waals surface area contributed by atoms with Crippen molar-refractivity contribution in [3.63, 3.8) is 0 Å². The normalized spacial score (nSPS) is 9.92. The summed E-state index contributed by atoms with van der Waals surface area (Å²) in [5.74, 6) is -1.03. The van der Waals surface area contributed by atoms with E-state index in [1.54, 1.807) is 6.92 Å². The van der Waals surface area contributed by atoms with Gasteiger partial charge in [0, 0.05) is 11.8 Å². The molecule has 0 unspecified atom stereocenters. The Morgan fingerprint density at radius 3 is 2.92 bits per heavy atom. The minimum absolute atomic E-state index is 0.0494. The average molecular weight is 172 g/mol. The van der Waals surface area contributed by atoms with Crippen LogP contribution in [0.5, 0.6) is 0 Å². The molecule has 1 aromatic rings. The van der Waals surface area contributed by atoms with Gasteiger partial charge in [0.25, 0.3) is 0 Å². The van der Waals surface area contributed by atoms with Gasteiger partial charge in [-0.3, -0.25) is 9.48 Å². The van der Waals surface area contributed by atoms with Crippen molar-refractivity contribution in [2.24, 2.45) is 0 Å². The van der Waals surface area contributed by atoms with E-state index in [0.29, 0.717) is 5.69 Å². The molecule has 0 fully saturated rings. The van der Waals surface area contributed by atoms with Crippen molar-refractivity contribution < 1.29 is 13.9 Å². The minimum atomic E-state index is -0.587. The molecule has 4 nitrogen and oxygen atoms in total. The Labute approximate surface area is 68.9 Å². The summed E-state index contributed by atoms with van der Waals surface area (Å²) in [6, 6.07) is 1.25. The number of halogens is 1. The van der Waals surface area contributed by atoms with Crippen LogP contribution in [0, 0.1) is 12.9 Å². The highest BCUT2D eigenvalue weighted by molar-refractivity contribution is 5.68. The predicted molar refractivity (Wildman–Crippen MR) is 38.9 cm³/mol. The SMILES string of the molecule is COC(=O)Cn1nc(F)cc1C. The second-order valence-electron chi connectivity index (χ2n) is 2.34. The van der Waals surface area contributed by atoms with Gasteiger partial charge in [-0.05, 0) is 6.92 Å². The highest BCUT2D eigenvalue weighted by Gasteiger charge is 2.07. The van der Waals surface area contributed by atoms with E-state index in [9.17, 15) is 9.18 Å². The summed E-state index contributed by atoms with van der Waals surface area (Å²) in [6.07, 6.45) is 0. The molecule has 0 aliphatic rings. The molecule has 0 aromatic carbocycles. The molecule has 0 spiro atoms. The quantitative estimate of drug-likeness (QED) is 0.610. The van der Waals surface area contributed by atoms with Crippen LogP contribution in [-0.2, 0) is 16.1 Å². The number of methoxy groups -OCH3 is 1. The highest BCUT2D eigenvalue weighted by Crippen LogP contribution is 2.00. The Morgan fingerprint density at radius 2 is 2.50 bits per heavy atom. The minimum Gasteiger partial charge on any atom is -0.468 e. The zero-order chi connectivity index (χ0) is 9.14. The smallest absolute Gasteiger partial charge is 0.327 e. The van der Waals surface area contributed by atoms with Gasteiger partial charge >= 0.3 is 5.97 Å². The van der Waals surface area contributed by atoms with Crippen molar-refractivity contribution in [1.82, 2.24) is 9.78 Å². The Bertz CT molecular complexity index is 296. The Kier molecular flexibility index (Phi) is 2.42. The summed E-state index contributed by atoms with van der Waals surface area (Å²) in [4.78, 5) is 10.7. The van der Waals surface area contributed by atoms with E-state index in [2.05, 4.69) is 9.84 Å². The molecule has 0 atom stereocenters. The molecule has 0 amide bonds. The summed E-state index contributed by atoms with van der Waals surface area (Å²) in [5.41, 5.74) is 0.595. The van der Waals surface area contributed by atoms with Crippen molar-refractivity contribution in [3.05, 3.63) is 17.7 Å². The lowest BCUT2D eigenvalue weighted by molar-refractivity contribution is -0.141. The van der Waals surface area contributed by atoms with E-state index < -0.39 is 11.9 Å². The van der Waals surface area contributed by atoms with Crippen LogP contribution in [0.3, 0.4) is 0 Å². The summed E-state index contributed by atoms with van der Waals surface area (Å²) in [6.45, 7) is 1.62. The molecular weight excluding hydrogens is 163 g/mol. The van der Waals surface area contributed by atoms with Gasteiger partial charge in [0.05, 0.1) is 7.11 Å². The molecule has 1 aromatic heterocycles. The summed E-state index contributed by atoms with van der Waals surface area (Å²) in [7, 11) is 1.28. The van der Waals surface area contributed by atoms with Crippen LogP contribution in [0.2, 0.25) is 0 Å². The lowest BCUT2D eigenvalue weighted by Crippen LogP contribution is -2.13. The fourth-order valence-corrected chi connectivity index (χ4v) is 0.817. The van der Waals surface area contributed by atoms with Crippen LogP contribution in [0.25, 0.3) is 0 Å². The topological polar surface area (TPSA) is 44.1 Å². The number of nitrogens with zero attached hydrogens (tertiary/aromatic N) is 2. The summed E-state index contributed by atoms with van der Waals surface area (Å²) in [5, 5.41) is 3.45. The number of carbonyl (C=O) groups is 1. The number of hydrogen-bond donors (Lipinski definition) is 0. The molecule has 0 aliphatic heterocycles. The van der Waals surface area contributed by atoms with Crippen LogP contribution in [0.4, 0.5) is 4.39 Å². The first-order valence-corrected chi connectivity index (χ1v) is 3.40. The fraction of sp³-hybridized carbons (Fsp3) is 0.429. The predicted octanol–water partition coefficient (Wildman–Crippen LogP) is 0.504. The zero-order valence-electron chi connectivity index (χ0n) is 6.87. The largest absolute Gasteiger partial charge is 0.468 e. The van der Waals surface area contributed by atoms with Gasteiger partial charge in [-0.1, -0.05) is 0 Å². The van der Waals surface area contributed by atoms with Gasteiger partial charge < -0.3 is 4.74 Å². The molecule has 12 heavy (non-hydrogen) atoms. The molecular formula is C7H9FN2O2. The van der Waals surface area contributed by atoms with E-state index in [-0.39, 0.29) is 6.54 Å². The van der Waals surface area contributed by atoms with Gasteiger partial charge in [-0.2, -0.15) is 4.39 Å². The molecule has 1 heterocycles. The molecule has 0 N–H and O–H groups in total. The third-order valence-corrected chi connectivity index (χ3v) is 1.46. The summed E-state index contributed by atoms with van der Waals surface area (Å²) >= 11 is 0. The Morgan fingerprint density at radius 1 is 1.83 bits per heavy atom. The monoisotopic (exact) mass is 172 g/mol. The molecule has 0 aliphatic carbocycles. The molecule has 5 heteroatoms. The first-order valence-electron chi connectivity index (χ1n) is 3.40. The van der Waals surface area contributed by atoms with Crippen LogP contribution in [-0.4, -0.2) is 22.9 Å². The second-order valence-corrected chi connectivity index (χ2v) is 2.34. The number of carbonyl (C=O) groups excluding carboxylic acids is 1. The molecule has 0 saturated heterocycles. The molecule has 1 rings (SSSR count). The van der Waals surface area contributed by atoms with E-state index in [1.165, 1.54) is 17.9 Å². The average Bonchev–Trinajstić information content (AvgIpc) is 2.30. The van der Waals surface area contributed by atoms with E-state index in [0.717, 1.165) is 0 Å². The van der Waals surface area contributed by atoms with E-state index in [1.807, 2.05) is 0 Å². The number of ether oxygens (including phenoxy) is 1. The number of esters is 1. The van der Waals surface area contributed by atoms with Gasteiger partial charge in [-0.15, -0.1) is 5.10 Å². The van der Waals surface area contributed by atoms with Crippen LogP contribution < -0.4 is 0 Å². The van der Waals surface area contributed by atoms with Crippen molar-refractivity contribution in [1.29, 1.82) is 0 Å². The van der Waals surface area contributed by atoms with E-state index >= 15 is 0 Å². The van der Waals surface area contributed by atoms with Crippen molar-refractivity contribution in [2.45, 2.75) is 13.5 Å². The standard InChI is InChI=1S/C7H9FN2O2/c1-5-3-6(8)9-10(5)4-7(11)12-2/h3H,4H2,1-2H3. The number of aromatic nitrogens is 2. The maximum absolute atomic E-state index is 12.5. The van der Waals surface area contributed by atoms with E-state index in [4.69, 9.17) is 0 Å². The van der Waals surface area contributed by atoms with Gasteiger partial charge in [0.2, 0.25) is 5.95 Å². The molecule has 0 radical (unpaired) electrons. The lowest BCUT2D eigenvalue weighted by Gasteiger charge is -2.00. The second kappa shape index (κ2) is 3.34. The summed E-state index contributed by atoms with van der Waals surface area (Å²) < 4.78 is 18.1. The number of rotatable bonds is 2. The van der Waals surface area contributed by atoms with Crippen molar-refractivity contribution in [2.75, 3.05) is 7.11 Å². The fourth-order valence-electron chi connectivity index (χ4n) is 0.817. The van der Waals surface area contributed by atoms with Gasteiger partial charge in [-0.25, -0.2) is 0 Å².